The Bertz CT molecular complexity index is 1210. The van der Waals surface area contributed by atoms with Crippen LogP contribution in [0.15, 0.2) is 59.0 Å². The van der Waals surface area contributed by atoms with Gasteiger partial charge in [-0.05, 0) is 18.2 Å². The molecule has 4 aromatic rings. The lowest BCUT2D eigenvalue weighted by atomic mass is 10.2. The van der Waals surface area contributed by atoms with E-state index in [1.54, 1.807) is 48.4 Å². The molecule has 3 aromatic heterocycles. The third kappa shape index (κ3) is 3.52. The molecule has 0 fully saturated rings. The summed E-state index contributed by atoms with van der Waals surface area (Å²) in [6, 6.07) is 10.5. The Morgan fingerprint density at radius 2 is 1.87 bits per heavy atom. The van der Waals surface area contributed by atoms with E-state index in [9.17, 15) is 13.2 Å². The summed E-state index contributed by atoms with van der Waals surface area (Å²) in [5, 5.41) is 10.3. The fourth-order valence-corrected chi connectivity index (χ4v) is 5.56. The minimum absolute atomic E-state index is 0.0243. The first-order valence-corrected chi connectivity index (χ1v) is 10.9. The average Bonchev–Trinajstić information content (AvgIpc) is 3.34. The molecule has 5 rings (SSSR count). The van der Waals surface area contributed by atoms with Crippen LogP contribution in [0.4, 0.5) is 13.2 Å². The van der Waals surface area contributed by atoms with Crippen LogP contribution in [0.5, 0.6) is 0 Å². The van der Waals surface area contributed by atoms with E-state index in [4.69, 9.17) is 0 Å². The van der Waals surface area contributed by atoms with E-state index in [-0.39, 0.29) is 11.6 Å². The second-order valence-electron chi connectivity index (χ2n) is 6.56. The van der Waals surface area contributed by atoms with E-state index in [0.717, 1.165) is 22.3 Å². The van der Waals surface area contributed by atoms with Crippen LogP contribution in [-0.2, 0) is 6.18 Å². The molecule has 1 atom stereocenters. The molecule has 0 unspecified atom stereocenters. The first-order valence-electron chi connectivity index (χ1n) is 8.95. The zero-order valence-electron chi connectivity index (χ0n) is 15.2. The normalized spacial score (nSPS) is 16.2. The van der Waals surface area contributed by atoms with Gasteiger partial charge in [0, 0.05) is 34.8 Å². The molecule has 152 valence electrons. The van der Waals surface area contributed by atoms with Crippen molar-refractivity contribution in [1.82, 2.24) is 29.7 Å². The lowest BCUT2D eigenvalue weighted by Gasteiger charge is -2.15. The Morgan fingerprint density at radius 1 is 1.07 bits per heavy atom. The molecule has 6 nitrogen and oxygen atoms in total. The van der Waals surface area contributed by atoms with Gasteiger partial charge in [-0.15, -0.1) is 22.0 Å². The number of thioether (sulfide) groups is 2. The van der Waals surface area contributed by atoms with Gasteiger partial charge in [0.15, 0.2) is 11.0 Å². The molecule has 0 spiro atoms. The molecule has 1 aliphatic heterocycles. The predicted molar refractivity (Wildman–Crippen MR) is 108 cm³/mol. The lowest BCUT2D eigenvalue weighted by Crippen LogP contribution is -2.13. The largest absolute Gasteiger partial charge is 0.451 e. The Kier molecular flexibility index (Phi) is 4.86. The van der Waals surface area contributed by atoms with Crippen LogP contribution >= 0.6 is 23.5 Å². The zero-order valence-corrected chi connectivity index (χ0v) is 16.9. The van der Waals surface area contributed by atoms with Gasteiger partial charge in [0.1, 0.15) is 5.03 Å². The summed E-state index contributed by atoms with van der Waals surface area (Å²) in [7, 11) is 0. The van der Waals surface area contributed by atoms with Crippen molar-refractivity contribution in [2.24, 2.45) is 0 Å². The first-order chi connectivity index (χ1) is 14.5. The fourth-order valence-electron chi connectivity index (χ4n) is 3.23. The first kappa shape index (κ1) is 19.3. The zero-order chi connectivity index (χ0) is 20.7. The highest BCUT2D eigenvalue weighted by Crippen LogP contribution is 2.40. The van der Waals surface area contributed by atoms with Gasteiger partial charge in [-0.25, -0.2) is 9.97 Å². The number of hydrogen-bond acceptors (Lipinski definition) is 7. The maximum Gasteiger partial charge on any atom is 0.451 e. The highest BCUT2D eigenvalue weighted by Gasteiger charge is 2.36. The minimum Gasteiger partial charge on any atom is -0.297 e. The third-order valence-corrected chi connectivity index (χ3v) is 6.83. The van der Waals surface area contributed by atoms with Crippen molar-refractivity contribution in [1.29, 1.82) is 0 Å². The number of rotatable bonds is 4. The Morgan fingerprint density at radius 3 is 2.67 bits per heavy atom. The maximum atomic E-state index is 13.3. The average molecular weight is 446 g/mol. The van der Waals surface area contributed by atoms with Crippen LogP contribution in [0.3, 0.4) is 0 Å². The van der Waals surface area contributed by atoms with Crippen molar-refractivity contribution in [3.8, 4) is 11.4 Å². The second kappa shape index (κ2) is 7.55. The highest BCUT2D eigenvalue weighted by atomic mass is 32.2. The van der Waals surface area contributed by atoms with E-state index in [0.29, 0.717) is 16.2 Å². The summed E-state index contributed by atoms with van der Waals surface area (Å²) >= 11 is 2.88. The van der Waals surface area contributed by atoms with Gasteiger partial charge < -0.3 is 0 Å². The molecule has 4 heterocycles. The van der Waals surface area contributed by atoms with Gasteiger partial charge in [0.25, 0.3) is 0 Å². The number of fused-ring (bicyclic) bond motifs is 2. The molecule has 0 saturated heterocycles. The minimum atomic E-state index is -4.60. The second-order valence-corrected chi connectivity index (χ2v) is 8.55. The summed E-state index contributed by atoms with van der Waals surface area (Å²) < 4.78 is 41.9. The molecule has 0 bridgehead atoms. The topological polar surface area (TPSA) is 69.4 Å². The van der Waals surface area contributed by atoms with E-state index < -0.39 is 12.0 Å². The number of para-hydroxylation sites is 1. The monoisotopic (exact) mass is 446 g/mol. The Labute approximate surface area is 177 Å². The summed E-state index contributed by atoms with van der Waals surface area (Å²) in [5.41, 5.74) is 1.18. The number of nitrogens with zero attached hydrogens (tertiary/aromatic N) is 6. The molecule has 0 amide bonds. The molecule has 30 heavy (non-hydrogen) atoms. The maximum absolute atomic E-state index is 13.3. The molecule has 0 aliphatic carbocycles. The smallest absolute Gasteiger partial charge is 0.297 e. The molecule has 0 saturated carbocycles. The highest BCUT2D eigenvalue weighted by molar-refractivity contribution is 8.00. The molecular weight excluding hydrogens is 433 g/mol. The molecular formula is C19H13F3N6S2. The van der Waals surface area contributed by atoms with Crippen molar-refractivity contribution in [2.45, 2.75) is 22.4 Å². The standard InChI is InChI=1S/C19H13F3N6S2/c20-19(21,22)17-24-14-4-2-1-3-13(14)16(25-17)29-9-12-10-30-18-27-26-15(28(12)18)11-5-7-23-8-6-11/h1-8,12H,9-10H2/t12-/m1/s1. The van der Waals surface area contributed by atoms with Crippen LogP contribution in [-0.4, -0.2) is 41.2 Å². The lowest BCUT2D eigenvalue weighted by molar-refractivity contribution is -0.145. The van der Waals surface area contributed by atoms with Crippen molar-refractivity contribution in [3.63, 3.8) is 0 Å². The van der Waals surface area contributed by atoms with Crippen molar-refractivity contribution < 1.29 is 13.2 Å². The number of alkyl halides is 3. The molecule has 11 heteroatoms. The number of aromatic nitrogens is 6. The Hall–Kier alpha value is -2.66. The van der Waals surface area contributed by atoms with Crippen molar-refractivity contribution in [3.05, 3.63) is 54.6 Å². The van der Waals surface area contributed by atoms with Crippen LogP contribution < -0.4 is 0 Å². The Balaban J connectivity index is 1.47. The number of hydrogen-bond donors (Lipinski definition) is 0. The quantitative estimate of drug-likeness (QED) is 0.331. The number of halogens is 3. The van der Waals surface area contributed by atoms with Crippen molar-refractivity contribution in [2.75, 3.05) is 11.5 Å². The van der Waals surface area contributed by atoms with E-state index in [2.05, 4.69) is 25.1 Å². The molecule has 1 aliphatic rings. The predicted octanol–water partition coefficient (Wildman–Crippen LogP) is 4.74. The van der Waals surface area contributed by atoms with E-state index >= 15 is 0 Å². The van der Waals surface area contributed by atoms with Crippen LogP contribution in [0.1, 0.15) is 11.9 Å². The van der Waals surface area contributed by atoms with Gasteiger partial charge in [-0.1, -0.05) is 30.0 Å². The fraction of sp³-hybridized carbons (Fsp3) is 0.211. The van der Waals surface area contributed by atoms with Crippen LogP contribution in [0.25, 0.3) is 22.3 Å². The van der Waals surface area contributed by atoms with Gasteiger partial charge >= 0.3 is 6.18 Å². The van der Waals surface area contributed by atoms with E-state index in [1.165, 1.54) is 11.8 Å². The summed E-state index contributed by atoms with van der Waals surface area (Å²) in [5.74, 6) is 0.915. The molecule has 1 aromatic carbocycles. The van der Waals surface area contributed by atoms with Crippen molar-refractivity contribution >= 4 is 34.4 Å². The SMILES string of the molecule is FC(F)(F)c1nc(SC[C@@H]2CSc3nnc(-c4ccncc4)n32)c2ccccc2n1. The van der Waals surface area contributed by atoms with Crippen LogP contribution in [0.2, 0.25) is 0 Å². The van der Waals surface area contributed by atoms with E-state index in [1.807, 2.05) is 16.7 Å². The van der Waals surface area contributed by atoms with Gasteiger partial charge in [0.2, 0.25) is 5.82 Å². The summed E-state index contributed by atoms with van der Waals surface area (Å²) in [6.07, 6.45) is -1.22. The number of benzene rings is 1. The summed E-state index contributed by atoms with van der Waals surface area (Å²) in [4.78, 5) is 11.5. The molecule has 0 N–H and O–H groups in total. The van der Waals surface area contributed by atoms with Gasteiger partial charge in [-0.3, -0.25) is 9.55 Å². The van der Waals surface area contributed by atoms with Gasteiger partial charge in [-0.2, -0.15) is 13.2 Å². The molecule has 0 radical (unpaired) electrons. The van der Waals surface area contributed by atoms with Gasteiger partial charge in [0.05, 0.1) is 11.6 Å². The third-order valence-electron chi connectivity index (χ3n) is 4.61. The summed E-state index contributed by atoms with van der Waals surface area (Å²) in [6.45, 7) is 0. The number of pyridine rings is 1. The van der Waals surface area contributed by atoms with Crippen LogP contribution in [0, 0.1) is 0 Å².